The van der Waals surface area contributed by atoms with Crippen LogP contribution in [0.2, 0.25) is 0 Å². The van der Waals surface area contributed by atoms with Crippen LogP contribution < -0.4 is 15.5 Å². The summed E-state index contributed by atoms with van der Waals surface area (Å²) in [5, 5.41) is 15.9. The van der Waals surface area contributed by atoms with E-state index in [4.69, 9.17) is 18.2 Å². The van der Waals surface area contributed by atoms with Crippen molar-refractivity contribution >= 4 is 29.5 Å². The number of likely N-dealkylation sites (tertiary alicyclic amines) is 1. The molecular weight excluding hydrogens is 444 g/mol. The maximum absolute atomic E-state index is 13.5. The number of piperidine rings is 1. The van der Waals surface area contributed by atoms with Crippen LogP contribution in [-0.4, -0.2) is 65.0 Å². The SMILES string of the molecule is C#CCC[C@H](NC(=O)[C@@H]1C2C(CN1C(=O)[C@@H](NCl)C(C)(C)C)C2(C)C)C(O)C(=O)NCC=C. The highest BCUT2D eigenvalue weighted by atomic mass is 35.5. The molecule has 8 nitrogen and oxygen atoms in total. The monoisotopic (exact) mass is 480 g/mol. The van der Waals surface area contributed by atoms with Crippen LogP contribution in [0, 0.1) is 35.0 Å². The lowest BCUT2D eigenvalue weighted by Crippen LogP contribution is -2.59. The molecule has 2 fully saturated rings. The molecule has 0 aromatic heterocycles. The highest BCUT2D eigenvalue weighted by Gasteiger charge is 2.69. The molecule has 1 heterocycles. The van der Waals surface area contributed by atoms with Gasteiger partial charge < -0.3 is 20.6 Å². The van der Waals surface area contributed by atoms with Crippen molar-refractivity contribution in [1.82, 2.24) is 20.4 Å². The second kappa shape index (κ2) is 10.5. The molecule has 1 aliphatic heterocycles. The van der Waals surface area contributed by atoms with Gasteiger partial charge in [0.15, 0.2) is 6.10 Å². The molecule has 0 spiro atoms. The van der Waals surface area contributed by atoms with Gasteiger partial charge in [-0.15, -0.1) is 18.9 Å². The Bertz CT molecular complexity index is 816. The quantitative estimate of drug-likeness (QED) is 0.213. The fourth-order valence-corrected chi connectivity index (χ4v) is 5.26. The molecule has 9 heteroatoms. The van der Waals surface area contributed by atoms with E-state index in [2.05, 4.69) is 41.8 Å². The highest BCUT2D eigenvalue weighted by molar-refractivity contribution is 6.15. The number of nitrogens with one attached hydrogen (secondary N) is 3. The zero-order chi connectivity index (χ0) is 25.1. The van der Waals surface area contributed by atoms with Crippen LogP contribution in [0.5, 0.6) is 0 Å². The second-order valence-corrected chi connectivity index (χ2v) is 10.9. The van der Waals surface area contributed by atoms with Crippen molar-refractivity contribution in [2.45, 2.75) is 71.7 Å². The summed E-state index contributed by atoms with van der Waals surface area (Å²) in [6.07, 6.45) is 5.87. The lowest BCUT2D eigenvalue weighted by Gasteiger charge is -2.37. The summed E-state index contributed by atoms with van der Waals surface area (Å²) in [6, 6.07) is -2.28. The molecular formula is C24H37ClN4O4. The minimum absolute atomic E-state index is 0.0163. The molecule has 4 N–H and O–H groups in total. The molecule has 2 aliphatic rings. The van der Waals surface area contributed by atoms with Crippen molar-refractivity contribution in [2.75, 3.05) is 13.1 Å². The number of hydrogen-bond donors (Lipinski definition) is 4. The molecule has 33 heavy (non-hydrogen) atoms. The van der Waals surface area contributed by atoms with Gasteiger partial charge in [0.05, 0.1) is 6.04 Å². The summed E-state index contributed by atoms with van der Waals surface area (Å²) in [7, 11) is 0. The summed E-state index contributed by atoms with van der Waals surface area (Å²) < 4.78 is 0. The third-order valence-corrected chi connectivity index (χ3v) is 7.20. The van der Waals surface area contributed by atoms with E-state index in [0.717, 1.165) is 0 Å². The van der Waals surface area contributed by atoms with Gasteiger partial charge in [0.1, 0.15) is 12.1 Å². The van der Waals surface area contributed by atoms with E-state index in [0.29, 0.717) is 6.54 Å². The normalized spacial score (nSPS) is 25.8. The fourth-order valence-electron chi connectivity index (χ4n) is 4.84. The average molecular weight is 481 g/mol. The lowest BCUT2D eigenvalue weighted by atomic mass is 9.86. The molecule has 2 rings (SSSR count). The minimum Gasteiger partial charge on any atom is -0.381 e. The van der Waals surface area contributed by atoms with Gasteiger partial charge in [-0.2, -0.15) is 0 Å². The van der Waals surface area contributed by atoms with Gasteiger partial charge in [-0.1, -0.05) is 40.7 Å². The zero-order valence-electron chi connectivity index (χ0n) is 20.2. The first-order chi connectivity index (χ1) is 15.3. The van der Waals surface area contributed by atoms with Gasteiger partial charge in [0.2, 0.25) is 11.8 Å². The first-order valence-electron chi connectivity index (χ1n) is 11.3. The minimum atomic E-state index is -1.48. The largest absolute Gasteiger partial charge is 0.381 e. The van der Waals surface area contributed by atoms with Gasteiger partial charge in [-0.25, -0.2) is 4.84 Å². The molecule has 1 saturated heterocycles. The van der Waals surface area contributed by atoms with Crippen molar-refractivity contribution in [2.24, 2.45) is 22.7 Å². The van der Waals surface area contributed by atoms with Crippen LogP contribution in [0.25, 0.3) is 0 Å². The number of amides is 3. The summed E-state index contributed by atoms with van der Waals surface area (Å²) in [6.45, 7) is 14.0. The number of terminal acetylenes is 1. The molecule has 1 saturated carbocycles. The number of hydrogen-bond acceptors (Lipinski definition) is 5. The predicted octanol–water partition coefficient (Wildman–Crippen LogP) is 1.19. The van der Waals surface area contributed by atoms with Gasteiger partial charge in [-0.05, 0) is 40.9 Å². The third-order valence-electron chi connectivity index (χ3n) is 6.98. The van der Waals surface area contributed by atoms with Crippen molar-refractivity contribution in [3.8, 4) is 12.3 Å². The van der Waals surface area contributed by atoms with E-state index in [1.165, 1.54) is 6.08 Å². The number of aliphatic hydroxyl groups excluding tert-OH is 1. The van der Waals surface area contributed by atoms with E-state index in [9.17, 15) is 19.5 Å². The molecule has 0 radical (unpaired) electrons. The van der Waals surface area contributed by atoms with E-state index in [-0.39, 0.29) is 42.5 Å². The molecule has 3 amide bonds. The van der Waals surface area contributed by atoms with Crippen LogP contribution in [-0.2, 0) is 14.4 Å². The number of halogens is 1. The fraction of sp³-hybridized carbons (Fsp3) is 0.708. The van der Waals surface area contributed by atoms with Crippen LogP contribution >= 0.6 is 11.8 Å². The number of nitrogens with zero attached hydrogens (tertiary/aromatic N) is 1. The molecule has 184 valence electrons. The summed E-state index contributed by atoms with van der Waals surface area (Å²) in [4.78, 5) is 43.3. The van der Waals surface area contributed by atoms with Gasteiger partial charge >= 0.3 is 0 Å². The zero-order valence-corrected chi connectivity index (χ0v) is 20.9. The highest BCUT2D eigenvalue weighted by Crippen LogP contribution is 2.65. The molecule has 0 aromatic rings. The van der Waals surface area contributed by atoms with Crippen molar-refractivity contribution < 1.29 is 19.5 Å². The van der Waals surface area contributed by atoms with E-state index < -0.39 is 41.5 Å². The smallest absolute Gasteiger partial charge is 0.251 e. The standard InChI is InChI=1S/C24H37ClN4O4/c1-8-10-11-15(18(30)21(32)26-12-9-2)27-20(31)17-16-14(24(16,6)7)13-29(17)22(33)19(28-25)23(3,4)5/h1,9,14-19,28,30H,2,10-13H2,3-7H3,(H,26,32)(H,27,31)/t14?,15-,16?,17-,18?,19+/m0/s1. The predicted molar refractivity (Wildman–Crippen MR) is 128 cm³/mol. The summed E-state index contributed by atoms with van der Waals surface area (Å²) >= 11 is 5.91. The summed E-state index contributed by atoms with van der Waals surface area (Å²) in [5.41, 5.74) is -0.546. The maximum atomic E-state index is 13.5. The average Bonchev–Trinajstić information content (AvgIpc) is 3.08. The Morgan fingerprint density at radius 1 is 1.36 bits per heavy atom. The van der Waals surface area contributed by atoms with Crippen LogP contribution in [0.4, 0.5) is 0 Å². The maximum Gasteiger partial charge on any atom is 0.251 e. The number of carbonyl (C=O) groups is 3. The Hall–Kier alpha value is -2.08. The number of aliphatic hydroxyl groups is 1. The first kappa shape index (κ1) is 27.2. The molecule has 1 aliphatic carbocycles. The van der Waals surface area contributed by atoms with Crippen LogP contribution in [0.15, 0.2) is 12.7 Å². The molecule has 0 aromatic carbocycles. The van der Waals surface area contributed by atoms with Crippen LogP contribution in [0.1, 0.15) is 47.5 Å². The van der Waals surface area contributed by atoms with E-state index >= 15 is 0 Å². The van der Waals surface area contributed by atoms with Crippen LogP contribution in [0.3, 0.4) is 0 Å². The Labute approximate surface area is 202 Å². The number of fused-ring (bicyclic) bond motifs is 1. The van der Waals surface area contributed by atoms with E-state index in [1.54, 1.807) is 4.90 Å². The Balaban J connectivity index is 2.26. The first-order valence-corrected chi connectivity index (χ1v) is 11.7. The van der Waals surface area contributed by atoms with Gasteiger partial charge in [0, 0.05) is 19.5 Å². The van der Waals surface area contributed by atoms with Gasteiger partial charge in [0.25, 0.3) is 5.91 Å². The van der Waals surface area contributed by atoms with Crippen molar-refractivity contribution in [1.29, 1.82) is 0 Å². The topological polar surface area (TPSA) is 111 Å². The molecule has 3 unspecified atom stereocenters. The molecule has 0 bridgehead atoms. The van der Waals surface area contributed by atoms with E-state index in [1.807, 2.05) is 20.8 Å². The number of carbonyl (C=O) groups excluding carboxylic acids is 3. The van der Waals surface area contributed by atoms with Crippen molar-refractivity contribution in [3.63, 3.8) is 0 Å². The number of rotatable bonds is 10. The Kier molecular flexibility index (Phi) is 8.61. The van der Waals surface area contributed by atoms with Gasteiger partial charge in [-0.3, -0.25) is 14.4 Å². The Morgan fingerprint density at radius 2 is 2.00 bits per heavy atom. The summed E-state index contributed by atoms with van der Waals surface area (Å²) in [5.74, 6) is 1.38. The lowest BCUT2D eigenvalue weighted by molar-refractivity contribution is -0.144. The van der Waals surface area contributed by atoms with Crippen molar-refractivity contribution in [3.05, 3.63) is 12.7 Å². The Morgan fingerprint density at radius 3 is 2.52 bits per heavy atom. The third kappa shape index (κ3) is 5.71. The second-order valence-electron chi connectivity index (χ2n) is 10.6. The molecule has 6 atom stereocenters.